The molecule has 4 rings (SSSR count). The summed E-state index contributed by atoms with van der Waals surface area (Å²) in [6, 6.07) is 19.6. The molecule has 0 saturated heterocycles. The molecule has 2 heterocycles. The third-order valence-corrected chi connectivity index (χ3v) is 4.40. The van der Waals surface area contributed by atoms with E-state index < -0.39 is 0 Å². The fraction of sp³-hybridized carbons (Fsp3) is 0.143. The van der Waals surface area contributed by atoms with Gasteiger partial charge in [0.25, 0.3) is 5.91 Å². The lowest BCUT2D eigenvalue weighted by Crippen LogP contribution is -2.33. The molecule has 1 aliphatic heterocycles. The molecule has 4 heteroatoms. The maximum atomic E-state index is 12.5. The van der Waals surface area contributed by atoms with Crippen LogP contribution in [-0.2, 0) is 11.2 Å². The minimum Gasteiger partial charge on any atom is -0.484 e. The molecule has 4 nitrogen and oxygen atoms in total. The zero-order valence-corrected chi connectivity index (χ0v) is 13.8. The van der Waals surface area contributed by atoms with Gasteiger partial charge in [0, 0.05) is 24.6 Å². The first-order chi connectivity index (χ1) is 12.3. The van der Waals surface area contributed by atoms with Crippen LogP contribution in [0.25, 0.3) is 11.1 Å². The molecule has 0 aliphatic carbocycles. The van der Waals surface area contributed by atoms with E-state index in [4.69, 9.17) is 4.74 Å². The van der Waals surface area contributed by atoms with Crippen LogP contribution in [0.3, 0.4) is 0 Å². The van der Waals surface area contributed by atoms with Crippen LogP contribution >= 0.6 is 0 Å². The minimum absolute atomic E-state index is 0.0146. The van der Waals surface area contributed by atoms with E-state index >= 15 is 0 Å². The van der Waals surface area contributed by atoms with Gasteiger partial charge in [-0.1, -0.05) is 24.3 Å². The van der Waals surface area contributed by atoms with Crippen LogP contribution in [0.4, 0.5) is 5.69 Å². The van der Waals surface area contributed by atoms with Gasteiger partial charge in [-0.2, -0.15) is 0 Å². The van der Waals surface area contributed by atoms with Crippen molar-refractivity contribution in [3.63, 3.8) is 0 Å². The van der Waals surface area contributed by atoms with Crippen molar-refractivity contribution in [2.75, 3.05) is 18.1 Å². The highest BCUT2D eigenvalue weighted by Crippen LogP contribution is 2.32. The summed E-state index contributed by atoms with van der Waals surface area (Å²) < 4.78 is 5.59. The molecule has 0 bridgehead atoms. The fourth-order valence-electron chi connectivity index (χ4n) is 3.12. The Morgan fingerprint density at radius 3 is 2.60 bits per heavy atom. The second-order valence-electron chi connectivity index (χ2n) is 5.98. The van der Waals surface area contributed by atoms with Gasteiger partial charge >= 0.3 is 0 Å². The average molecular weight is 330 g/mol. The molecular formula is C21H18N2O2. The van der Waals surface area contributed by atoms with Gasteiger partial charge < -0.3 is 9.64 Å². The van der Waals surface area contributed by atoms with Crippen LogP contribution in [-0.4, -0.2) is 24.0 Å². The van der Waals surface area contributed by atoms with Gasteiger partial charge in [0.15, 0.2) is 6.61 Å². The maximum Gasteiger partial charge on any atom is 0.264 e. The van der Waals surface area contributed by atoms with E-state index in [-0.39, 0.29) is 12.5 Å². The first-order valence-corrected chi connectivity index (χ1v) is 8.33. The van der Waals surface area contributed by atoms with E-state index in [0.717, 1.165) is 23.2 Å². The number of anilines is 1. The van der Waals surface area contributed by atoms with E-state index in [2.05, 4.69) is 17.1 Å². The second kappa shape index (κ2) is 6.77. The lowest BCUT2D eigenvalue weighted by atomic mass is 10.0. The molecular weight excluding hydrogens is 312 g/mol. The molecule has 2 aromatic carbocycles. The predicted octanol–water partition coefficient (Wildman–Crippen LogP) is 3.72. The van der Waals surface area contributed by atoms with Crippen LogP contribution in [0.15, 0.2) is 73.1 Å². The number of nitrogens with zero attached hydrogens (tertiary/aromatic N) is 2. The molecule has 124 valence electrons. The highest BCUT2D eigenvalue weighted by Gasteiger charge is 2.25. The summed E-state index contributed by atoms with van der Waals surface area (Å²) in [4.78, 5) is 18.4. The van der Waals surface area contributed by atoms with Crippen LogP contribution < -0.4 is 9.64 Å². The largest absolute Gasteiger partial charge is 0.484 e. The first kappa shape index (κ1) is 15.4. The Balaban J connectivity index is 1.49. The average Bonchev–Trinajstić information content (AvgIpc) is 3.11. The first-order valence-electron chi connectivity index (χ1n) is 8.33. The van der Waals surface area contributed by atoms with Crippen molar-refractivity contribution in [1.29, 1.82) is 0 Å². The molecule has 0 fully saturated rings. The molecule has 1 aromatic heterocycles. The van der Waals surface area contributed by atoms with Crippen molar-refractivity contribution < 1.29 is 9.53 Å². The number of amides is 1. The normalized spacial score (nSPS) is 12.7. The SMILES string of the molecule is O=C(COc1ccccc1)N1CCc2cc(-c3ccncc3)ccc21. The highest BCUT2D eigenvalue weighted by atomic mass is 16.5. The van der Waals surface area contributed by atoms with E-state index in [1.165, 1.54) is 5.56 Å². The summed E-state index contributed by atoms with van der Waals surface area (Å²) >= 11 is 0. The Hall–Kier alpha value is -3.14. The topological polar surface area (TPSA) is 42.4 Å². The third kappa shape index (κ3) is 3.24. The number of aromatic nitrogens is 1. The Bertz CT molecular complexity index is 879. The smallest absolute Gasteiger partial charge is 0.264 e. The Labute approximate surface area is 146 Å². The van der Waals surface area contributed by atoms with Gasteiger partial charge in [0.05, 0.1) is 0 Å². The summed E-state index contributed by atoms with van der Waals surface area (Å²) in [5, 5.41) is 0. The molecule has 1 aliphatic rings. The number of benzene rings is 2. The highest BCUT2D eigenvalue weighted by molar-refractivity contribution is 5.96. The zero-order valence-electron chi connectivity index (χ0n) is 13.8. The Morgan fingerprint density at radius 2 is 1.80 bits per heavy atom. The quantitative estimate of drug-likeness (QED) is 0.732. The van der Waals surface area contributed by atoms with Gasteiger partial charge in [-0.05, 0) is 59.5 Å². The molecule has 0 radical (unpaired) electrons. The number of carbonyl (C=O) groups is 1. The lowest BCUT2D eigenvalue weighted by Gasteiger charge is -2.18. The fourth-order valence-corrected chi connectivity index (χ4v) is 3.12. The maximum absolute atomic E-state index is 12.5. The van der Waals surface area contributed by atoms with Crippen LogP contribution in [0.1, 0.15) is 5.56 Å². The van der Waals surface area contributed by atoms with E-state index in [1.807, 2.05) is 53.4 Å². The van der Waals surface area contributed by atoms with Crippen LogP contribution in [0.5, 0.6) is 5.75 Å². The number of para-hydroxylation sites is 1. The molecule has 0 N–H and O–H groups in total. The van der Waals surface area contributed by atoms with Crippen LogP contribution in [0.2, 0.25) is 0 Å². The molecule has 1 amide bonds. The summed E-state index contributed by atoms with van der Waals surface area (Å²) in [6.45, 7) is 0.752. The molecule has 25 heavy (non-hydrogen) atoms. The van der Waals surface area contributed by atoms with Crippen molar-refractivity contribution in [2.45, 2.75) is 6.42 Å². The molecule has 0 atom stereocenters. The summed E-state index contributed by atoms with van der Waals surface area (Å²) in [6.07, 6.45) is 4.45. The Morgan fingerprint density at radius 1 is 1.00 bits per heavy atom. The summed E-state index contributed by atoms with van der Waals surface area (Å²) in [5.41, 5.74) is 4.47. The van der Waals surface area contributed by atoms with Crippen molar-refractivity contribution in [3.8, 4) is 16.9 Å². The number of fused-ring (bicyclic) bond motifs is 1. The number of rotatable bonds is 4. The number of carbonyl (C=O) groups excluding carboxylic acids is 1. The monoisotopic (exact) mass is 330 g/mol. The number of ether oxygens (including phenoxy) is 1. The van der Waals surface area contributed by atoms with Gasteiger partial charge in [-0.25, -0.2) is 0 Å². The Kier molecular flexibility index (Phi) is 4.17. The predicted molar refractivity (Wildman–Crippen MR) is 97.7 cm³/mol. The third-order valence-electron chi connectivity index (χ3n) is 4.40. The molecule has 0 spiro atoms. The number of hydrogen-bond acceptors (Lipinski definition) is 3. The van der Waals surface area contributed by atoms with Crippen molar-refractivity contribution in [3.05, 3.63) is 78.6 Å². The van der Waals surface area contributed by atoms with Crippen molar-refractivity contribution in [2.24, 2.45) is 0 Å². The molecule has 0 saturated carbocycles. The van der Waals surface area contributed by atoms with E-state index in [0.29, 0.717) is 12.3 Å². The number of pyridine rings is 1. The van der Waals surface area contributed by atoms with Crippen LogP contribution in [0, 0.1) is 0 Å². The number of hydrogen-bond donors (Lipinski definition) is 0. The van der Waals surface area contributed by atoms with Gasteiger partial charge in [-0.15, -0.1) is 0 Å². The molecule has 0 unspecified atom stereocenters. The standard InChI is InChI=1S/C21H18N2O2/c24-21(15-25-19-4-2-1-3-5-19)23-13-10-18-14-17(6-7-20(18)23)16-8-11-22-12-9-16/h1-9,11-12,14H,10,13,15H2. The van der Waals surface area contributed by atoms with Gasteiger partial charge in [-0.3, -0.25) is 9.78 Å². The summed E-state index contributed by atoms with van der Waals surface area (Å²) in [7, 11) is 0. The minimum atomic E-state index is -0.0146. The second-order valence-corrected chi connectivity index (χ2v) is 5.98. The van der Waals surface area contributed by atoms with E-state index in [1.54, 1.807) is 12.4 Å². The van der Waals surface area contributed by atoms with Crippen molar-refractivity contribution in [1.82, 2.24) is 4.98 Å². The zero-order chi connectivity index (χ0) is 17.1. The summed E-state index contributed by atoms with van der Waals surface area (Å²) in [5.74, 6) is 0.697. The van der Waals surface area contributed by atoms with Gasteiger partial charge in [0.1, 0.15) is 5.75 Å². The molecule has 3 aromatic rings. The van der Waals surface area contributed by atoms with Gasteiger partial charge in [0.2, 0.25) is 0 Å². The lowest BCUT2D eigenvalue weighted by molar-refractivity contribution is -0.120. The van der Waals surface area contributed by atoms with Crippen molar-refractivity contribution >= 4 is 11.6 Å². The van der Waals surface area contributed by atoms with E-state index in [9.17, 15) is 4.79 Å².